The molecule has 0 spiro atoms. The molecule has 104 valence electrons. The number of nitrogens with one attached hydrogen (secondary N) is 1. The van der Waals surface area contributed by atoms with Crippen molar-refractivity contribution in [1.29, 1.82) is 0 Å². The molecule has 0 aromatic heterocycles. The van der Waals surface area contributed by atoms with Crippen LogP contribution in [0.3, 0.4) is 0 Å². The molecule has 2 nitrogen and oxygen atoms in total. The van der Waals surface area contributed by atoms with E-state index in [4.69, 9.17) is 11.6 Å². The van der Waals surface area contributed by atoms with Crippen LogP contribution in [0, 0.1) is 3.57 Å². The van der Waals surface area contributed by atoms with Crippen molar-refractivity contribution in [3.63, 3.8) is 0 Å². The summed E-state index contributed by atoms with van der Waals surface area (Å²) < 4.78 is 1.88. The van der Waals surface area contributed by atoms with Crippen molar-refractivity contribution in [1.82, 2.24) is 5.32 Å². The number of alkyl halides is 1. The lowest BCUT2D eigenvalue weighted by Crippen LogP contribution is -2.51. The van der Waals surface area contributed by atoms with Gasteiger partial charge in [0.2, 0.25) is 0 Å². The van der Waals surface area contributed by atoms with Crippen molar-refractivity contribution in [3.05, 3.63) is 31.8 Å². The molecule has 1 aliphatic rings. The molecular weight excluding hydrogens is 440 g/mol. The minimum Gasteiger partial charge on any atom is -0.345 e. The van der Waals surface area contributed by atoms with Gasteiger partial charge < -0.3 is 5.32 Å². The highest BCUT2D eigenvalue weighted by Crippen LogP contribution is 2.30. The second-order valence-electron chi connectivity index (χ2n) is 5.05. The van der Waals surface area contributed by atoms with Crippen LogP contribution >= 0.6 is 50.1 Å². The number of carbonyl (C=O) groups excluding carboxylic acids is 1. The number of amides is 1. The third kappa shape index (κ3) is 3.85. The highest BCUT2D eigenvalue weighted by atomic mass is 127. The first kappa shape index (κ1) is 15.6. The van der Waals surface area contributed by atoms with Crippen molar-refractivity contribution in [2.75, 3.05) is 5.88 Å². The molecule has 1 aliphatic carbocycles. The summed E-state index contributed by atoms with van der Waals surface area (Å²) in [5, 5.41) is 3.17. The summed E-state index contributed by atoms with van der Waals surface area (Å²) >= 11 is 11.7. The number of benzene rings is 1. The molecule has 5 heteroatoms. The Morgan fingerprint density at radius 2 is 2.05 bits per heavy atom. The monoisotopic (exact) mass is 455 g/mol. The highest BCUT2D eigenvalue weighted by molar-refractivity contribution is 14.1. The Labute approximate surface area is 140 Å². The van der Waals surface area contributed by atoms with Crippen LogP contribution in [0.2, 0.25) is 0 Å². The normalized spacial score (nSPS) is 18.1. The van der Waals surface area contributed by atoms with Gasteiger partial charge in [-0.3, -0.25) is 4.79 Å². The van der Waals surface area contributed by atoms with E-state index in [1.165, 1.54) is 6.42 Å². The van der Waals surface area contributed by atoms with E-state index in [0.717, 1.165) is 33.7 Å². The van der Waals surface area contributed by atoms with Crippen LogP contribution in [-0.4, -0.2) is 17.3 Å². The zero-order chi connectivity index (χ0) is 13.9. The maximum atomic E-state index is 12.5. The summed E-state index contributed by atoms with van der Waals surface area (Å²) in [6.45, 7) is 0. The number of rotatable bonds is 3. The van der Waals surface area contributed by atoms with Crippen LogP contribution in [0.15, 0.2) is 22.7 Å². The zero-order valence-corrected chi connectivity index (χ0v) is 15.0. The Morgan fingerprint density at radius 1 is 1.37 bits per heavy atom. The fourth-order valence-corrected chi connectivity index (χ4v) is 3.78. The quantitative estimate of drug-likeness (QED) is 0.517. The van der Waals surface area contributed by atoms with E-state index in [-0.39, 0.29) is 11.4 Å². The molecule has 1 saturated carbocycles. The first-order valence-corrected chi connectivity index (χ1v) is 8.80. The number of hydrogen-bond acceptors (Lipinski definition) is 1. The summed E-state index contributed by atoms with van der Waals surface area (Å²) in [6, 6.07) is 5.74. The van der Waals surface area contributed by atoms with E-state index in [1.54, 1.807) is 0 Å². The molecular formula is C14H16BrClINO. The molecule has 2 rings (SSSR count). The maximum Gasteiger partial charge on any atom is 0.252 e. The highest BCUT2D eigenvalue weighted by Gasteiger charge is 2.33. The third-order valence-electron chi connectivity index (χ3n) is 3.62. The van der Waals surface area contributed by atoms with Gasteiger partial charge in [-0.05, 0) is 53.6 Å². The summed E-state index contributed by atoms with van der Waals surface area (Å²) in [5.74, 6) is 0.469. The van der Waals surface area contributed by atoms with Gasteiger partial charge in [0.15, 0.2) is 0 Å². The lowest BCUT2D eigenvalue weighted by Gasteiger charge is -2.36. The standard InChI is InChI=1S/C14H16BrClINO/c15-10-4-5-12(17)11(8-10)13(19)18-14(9-16)6-2-1-3-7-14/h4-5,8H,1-3,6-7,9H2,(H,18,19). The van der Waals surface area contributed by atoms with Gasteiger partial charge in [0.05, 0.1) is 11.1 Å². The van der Waals surface area contributed by atoms with Gasteiger partial charge >= 0.3 is 0 Å². The molecule has 0 bridgehead atoms. The van der Waals surface area contributed by atoms with Crippen LogP contribution in [0.1, 0.15) is 42.5 Å². The lowest BCUT2D eigenvalue weighted by atomic mass is 9.83. The maximum absolute atomic E-state index is 12.5. The SMILES string of the molecule is O=C(NC1(CCl)CCCCC1)c1cc(Br)ccc1I. The molecule has 0 saturated heterocycles. The molecule has 0 aliphatic heterocycles. The lowest BCUT2D eigenvalue weighted by molar-refractivity contribution is 0.0884. The van der Waals surface area contributed by atoms with E-state index in [2.05, 4.69) is 43.8 Å². The average Bonchev–Trinajstić information content (AvgIpc) is 2.42. The molecule has 19 heavy (non-hydrogen) atoms. The first-order valence-electron chi connectivity index (χ1n) is 6.40. The largest absolute Gasteiger partial charge is 0.345 e. The van der Waals surface area contributed by atoms with Crippen LogP contribution in [0.5, 0.6) is 0 Å². The van der Waals surface area contributed by atoms with Crippen molar-refractivity contribution < 1.29 is 4.79 Å². The Balaban J connectivity index is 2.17. The minimum atomic E-state index is -0.220. The van der Waals surface area contributed by atoms with Gasteiger partial charge in [0.1, 0.15) is 0 Å². The van der Waals surface area contributed by atoms with E-state index < -0.39 is 0 Å². The van der Waals surface area contributed by atoms with Crippen LogP contribution in [0.25, 0.3) is 0 Å². The van der Waals surface area contributed by atoms with Gasteiger partial charge in [0.25, 0.3) is 5.91 Å². The Hall–Kier alpha value is 0.190. The predicted molar refractivity (Wildman–Crippen MR) is 90.9 cm³/mol. The van der Waals surface area contributed by atoms with E-state index in [0.29, 0.717) is 11.4 Å². The zero-order valence-electron chi connectivity index (χ0n) is 10.5. The smallest absolute Gasteiger partial charge is 0.252 e. The number of halogens is 3. The van der Waals surface area contributed by atoms with Gasteiger partial charge in [-0.15, -0.1) is 11.6 Å². The summed E-state index contributed by atoms with van der Waals surface area (Å²) in [5.41, 5.74) is 0.493. The van der Waals surface area contributed by atoms with E-state index >= 15 is 0 Å². The molecule has 1 aromatic carbocycles. The first-order chi connectivity index (χ1) is 9.06. The molecule has 1 fully saturated rings. The number of hydrogen-bond donors (Lipinski definition) is 1. The molecule has 0 radical (unpaired) electrons. The average molecular weight is 457 g/mol. The second kappa shape index (κ2) is 6.76. The van der Waals surface area contributed by atoms with Crippen molar-refractivity contribution in [2.45, 2.75) is 37.6 Å². The summed E-state index contributed by atoms with van der Waals surface area (Å²) in [6.07, 6.45) is 5.48. The molecule has 0 atom stereocenters. The second-order valence-corrected chi connectivity index (χ2v) is 7.40. The van der Waals surface area contributed by atoms with Gasteiger partial charge in [-0.2, -0.15) is 0 Å². The fraction of sp³-hybridized carbons (Fsp3) is 0.500. The molecule has 1 amide bonds. The third-order valence-corrected chi connectivity index (χ3v) is 5.56. The Morgan fingerprint density at radius 3 is 2.68 bits per heavy atom. The Kier molecular flexibility index (Phi) is 5.55. The van der Waals surface area contributed by atoms with Gasteiger partial charge in [-0.25, -0.2) is 0 Å². The van der Waals surface area contributed by atoms with E-state index in [9.17, 15) is 4.79 Å². The van der Waals surface area contributed by atoms with Crippen LogP contribution in [-0.2, 0) is 0 Å². The fourth-order valence-electron chi connectivity index (χ4n) is 2.50. The van der Waals surface area contributed by atoms with Crippen LogP contribution in [0.4, 0.5) is 0 Å². The van der Waals surface area contributed by atoms with Crippen molar-refractivity contribution in [3.8, 4) is 0 Å². The van der Waals surface area contributed by atoms with Crippen LogP contribution < -0.4 is 5.32 Å². The molecule has 0 unspecified atom stereocenters. The summed E-state index contributed by atoms with van der Waals surface area (Å²) in [4.78, 5) is 12.5. The molecule has 1 aromatic rings. The topological polar surface area (TPSA) is 29.1 Å². The predicted octanol–water partition coefficient (Wildman–Crippen LogP) is 4.73. The van der Waals surface area contributed by atoms with Crippen molar-refractivity contribution >= 4 is 56.0 Å². The Bertz CT molecular complexity index is 475. The summed E-state index contributed by atoms with van der Waals surface area (Å²) in [7, 11) is 0. The number of carbonyl (C=O) groups is 1. The van der Waals surface area contributed by atoms with Gasteiger partial charge in [-0.1, -0.05) is 35.2 Å². The minimum absolute atomic E-state index is 0.0201. The molecule has 0 heterocycles. The molecule has 1 N–H and O–H groups in total. The van der Waals surface area contributed by atoms with E-state index in [1.807, 2.05) is 18.2 Å². The van der Waals surface area contributed by atoms with Gasteiger partial charge in [0, 0.05) is 13.9 Å². The van der Waals surface area contributed by atoms with Crippen molar-refractivity contribution in [2.24, 2.45) is 0 Å².